The van der Waals surface area contributed by atoms with Crippen LogP contribution < -0.4 is 22.3 Å². The van der Waals surface area contributed by atoms with Gasteiger partial charge < -0.3 is 16.7 Å². The molecular formula is C10H17N7OS2. The number of rotatable bonds is 2. The van der Waals surface area contributed by atoms with Crippen molar-refractivity contribution >= 4 is 51.8 Å². The van der Waals surface area contributed by atoms with E-state index in [-0.39, 0.29) is 21.4 Å². The lowest BCUT2D eigenvalue weighted by Gasteiger charge is -2.31. The number of hydrogen-bond donors (Lipinski definition) is 5. The van der Waals surface area contributed by atoms with E-state index in [0.29, 0.717) is 24.3 Å². The Bertz CT molecular complexity index is 470. The molecule has 0 aromatic heterocycles. The molecule has 0 spiro atoms. The van der Waals surface area contributed by atoms with Crippen LogP contribution in [0.1, 0.15) is 26.7 Å². The maximum atomic E-state index is 9.18. The summed E-state index contributed by atoms with van der Waals surface area (Å²) in [5.41, 5.74) is 16.8. The largest absolute Gasteiger partial charge is 0.410 e. The van der Waals surface area contributed by atoms with Crippen LogP contribution in [0.5, 0.6) is 0 Å². The molecule has 0 radical (unpaired) electrons. The summed E-state index contributed by atoms with van der Waals surface area (Å²) in [5, 5.41) is 20.6. The molecule has 0 unspecified atom stereocenters. The van der Waals surface area contributed by atoms with Gasteiger partial charge in [-0.3, -0.25) is 10.9 Å². The van der Waals surface area contributed by atoms with Gasteiger partial charge in [0.2, 0.25) is 0 Å². The van der Waals surface area contributed by atoms with E-state index in [2.05, 4.69) is 26.2 Å². The van der Waals surface area contributed by atoms with E-state index < -0.39 is 0 Å². The van der Waals surface area contributed by atoms with Gasteiger partial charge >= 0.3 is 0 Å². The van der Waals surface area contributed by atoms with E-state index >= 15 is 0 Å². The van der Waals surface area contributed by atoms with Crippen LogP contribution in [-0.4, -0.2) is 32.6 Å². The maximum Gasteiger partial charge on any atom is 0.184 e. The minimum atomic E-state index is -0.123. The Labute approximate surface area is 127 Å². The van der Waals surface area contributed by atoms with Gasteiger partial charge in [0.15, 0.2) is 10.2 Å². The van der Waals surface area contributed by atoms with Gasteiger partial charge in [0.1, 0.15) is 5.71 Å². The average molecular weight is 315 g/mol. The van der Waals surface area contributed by atoms with Crippen LogP contribution >= 0.6 is 24.4 Å². The molecule has 1 rings (SSSR count). The zero-order valence-electron chi connectivity index (χ0n) is 11.2. The lowest BCUT2D eigenvalue weighted by Crippen LogP contribution is -2.41. The highest BCUT2D eigenvalue weighted by atomic mass is 32.1. The first-order valence-electron chi connectivity index (χ1n) is 5.72. The van der Waals surface area contributed by atoms with Gasteiger partial charge in [0.25, 0.3) is 0 Å². The van der Waals surface area contributed by atoms with Gasteiger partial charge in [-0.2, -0.15) is 10.2 Å². The predicted octanol–water partition coefficient (Wildman–Crippen LogP) is 0.0150. The van der Waals surface area contributed by atoms with Crippen molar-refractivity contribution in [3.8, 4) is 0 Å². The Morgan fingerprint density at radius 1 is 1.10 bits per heavy atom. The van der Waals surface area contributed by atoms with Gasteiger partial charge in [0.05, 0.1) is 11.4 Å². The van der Waals surface area contributed by atoms with Gasteiger partial charge in [0, 0.05) is 0 Å². The standard InChI is InChI=1S/C10H17N7OS2/c1-10(2)3-5(13-15-8(11)19)7(17-18)6(4-10)14-16-9(12)20/h18H,3-4H2,1-2H3,(H3,11,15,19)(H3,12,16,20)/b13-5+,14-6+. The van der Waals surface area contributed by atoms with E-state index in [1.54, 1.807) is 0 Å². The normalized spacial score (nSPS) is 21.6. The van der Waals surface area contributed by atoms with Crippen LogP contribution in [0.4, 0.5) is 0 Å². The van der Waals surface area contributed by atoms with Crippen LogP contribution in [0.3, 0.4) is 0 Å². The number of nitrogens with zero attached hydrogens (tertiary/aromatic N) is 3. The molecule has 0 heterocycles. The van der Waals surface area contributed by atoms with E-state index in [0.717, 1.165) is 0 Å². The second-order valence-corrected chi connectivity index (χ2v) is 5.92. The zero-order valence-corrected chi connectivity index (χ0v) is 12.8. The molecule has 0 amide bonds. The molecule has 0 aromatic rings. The SMILES string of the molecule is CC1(C)C/C(=N\NC(N)=S)C(=NO)/C(=N/NC(N)=S)C1. The Balaban J connectivity index is 3.12. The third kappa shape index (κ3) is 4.70. The summed E-state index contributed by atoms with van der Waals surface area (Å²) in [6, 6.07) is 0. The summed E-state index contributed by atoms with van der Waals surface area (Å²) in [6.07, 6.45) is 1.15. The van der Waals surface area contributed by atoms with Crippen molar-refractivity contribution in [2.75, 3.05) is 0 Å². The quantitative estimate of drug-likeness (QED) is 0.275. The molecule has 0 atom stereocenters. The fourth-order valence-electron chi connectivity index (χ4n) is 1.85. The summed E-state index contributed by atoms with van der Waals surface area (Å²) in [7, 11) is 0. The average Bonchev–Trinajstić information content (AvgIpc) is 2.32. The number of oxime groups is 1. The molecule has 0 aromatic carbocycles. The van der Waals surface area contributed by atoms with Crippen LogP contribution in [0.2, 0.25) is 0 Å². The molecule has 1 saturated carbocycles. The number of hydrazone groups is 2. The Kier molecular flexibility index (Phi) is 5.34. The lowest BCUT2D eigenvalue weighted by atomic mass is 9.74. The van der Waals surface area contributed by atoms with Gasteiger partial charge in [-0.25, -0.2) is 0 Å². The highest BCUT2D eigenvalue weighted by Crippen LogP contribution is 2.31. The molecule has 0 bridgehead atoms. The van der Waals surface area contributed by atoms with Gasteiger partial charge in [-0.15, -0.1) is 0 Å². The van der Waals surface area contributed by atoms with Crippen molar-refractivity contribution < 1.29 is 5.21 Å². The fourth-order valence-corrected chi connectivity index (χ4v) is 1.94. The van der Waals surface area contributed by atoms with E-state index in [1.165, 1.54) is 0 Å². The van der Waals surface area contributed by atoms with Crippen molar-refractivity contribution in [3.63, 3.8) is 0 Å². The summed E-state index contributed by atoms with van der Waals surface area (Å²) >= 11 is 9.38. The summed E-state index contributed by atoms with van der Waals surface area (Å²) in [4.78, 5) is 0. The number of thiocarbonyl (C=S) groups is 2. The molecule has 0 saturated heterocycles. The molecule has 0 aliphatic heterocycles. The Hall–Kier alpha value is -1.81. The van der Waals surface area contributed by atoms with Crippen molar-refractivity contribution in [3.05, 3.63) is 0 Å². The van der Waals surface area contributed by atoms with E-state index in [9.17, 15) is 5.21 Å². The molecule has 8 nitrogen and oxygen atoms in total. The van der Waals surface area contributed by atoms with Crippen molar-refractivity contribution in [2.24, 2.45) is 32.2 Å². The van der Waals surface area contributed by atoms with E-state index in [4.69, 9.17) is 35.9 Å². The molecule has 20 heavy (non-hydrogen) atoms. The second-order valence-electron chi connectivity index (χ2n) is 5.04. The zero-order chi connectivity index (χ0) is 15.3. The van der Waals surface area contributed by atoms with Crippen molar-refractivity contribution in [1.29, 1.82) is 0 Å². The maximum absolute atomic E-state index is 9.18. The molecule has 110 valence electrons. The topological polar surface area (TPSA) is 133 Å². The third-order valence-electron chi connectivity index (χ3n) is 2.54. The molecule has 1 aliphatic carbocycles. The highest BCUT2D eigenvalue weighted by Gasteiger charge is 2.35. The number of nitrogens with two attached hydrogens (primary N) is 2. The van der Waals surface area contributed by atoms with Gasteiger partial charge in [-0.05, 0) is 42.7 Å². The van der Waals surface area contributed by atoms with Crippen LogP contribution in [0.25, 0.3) is 0 Å². The molecule has 10 heteroatoms. The first-order valence-corrected chi connectivity index (χ1v) is 6.53. The Morgan fingerprint density at radius 2 is 1.50 bits per heavy atom. The smallest absolute Gasteiger partial charge is 0.184 e. The van der Waals surface area contributed by atoms with Crippen LogP contribution in [-0.2, 0) is 0 Å². The Morgan fingerprint density at radius 3 is 1.80 bits per heavy atom. The number of hydrogen-bond acceptors (Lipinski definition) is 6. The second kappa shape index (κ2) is 6.57. The van der Waals surface area contributed by atoms with E-state index in [1.807, 2.05) is 13.8 Å². The summed E-state index contributed by atoms with van der Waals surface area (Å²) < 4.78 is 0. The van der Waals surface area contributed by atoms with Crippen molar-refractivity contribution in [2.45, 2.75) is 26.7 Å². The third-order valence-corrected chi connectivity index (χ3v) is 2.72. The first kappa shape index (κ1) is 16.2. The van der Waals surface area contributed by atoms with Crippen molar-refractivity contribution in [1.82, 2.24) is 10.9 Å². The molecule has 1 fully saturated rings. The monoisotopic (exact) mass is 315 g/mol. The molecule has 7 N–H and O–H groups in total. The fraction of sp³-hybridized carbons (Fsp3) is 0.500. The molecule has 1 aliphatic rings. The number of nitrogens with one attached hydrogen (secondary N) is 2. The lowest BCUT2D eigenvalue weighted by molar-refractivity contribution is 0.319. The summed E-state index contributed by atoms with van der Waals surface area (Å²) in [6.45, 7) is 4.07. The van der Waals surface area contributed by atoms with Crippen LogP contribution in [0.15, 0.2) is 15.4 Å². The minimum absolute atomic E-state index is 0.0259. The summed E-state index contributed by atoms with van der Waals surface area (Å²) in [5.74, 6) is 0. The van der Waals surface area contributed by atoms with Crippen LogP contribution in [0, 0.1) is 5.41 Å². The molecular weight excluding hydrogens is 298 g/mol. The van der Waals surface area contributed by atoms with Gasteiger partial charge in [-0.1, -0.05) is 19.0 Å². The highest BCUT2D eigenvalue weighted by molar-refractivity contribution is 7.80. The minimum Gasteiger partial charge on any atom is -0.410 e. The first-order chi connectivity index (χ1) is 9.25. The predicted molar refractivity (Wildman–Crippen MR) is 86.9 cm³/mol.